The molecular formula is C24H30O4S. The Labute approximate surface area is 177 Å². The minimum atomic E-state index is -0.651. The smallest absolute Gasteiger partial charge is 0.164 e. The molecule has 0 radical (unpaired) electrons. The molecule has 0 aliphatic heterocycles. The maximum absolute atomic E-state index is 13.0. The highest BCUT2D eigenvalue weighted by molar-refractivity contribution is 7.99. The largest absolute Gasteiger partial charge is 0.512 e. The van der Waals surface area contributed by atoms with Gasteiger partial charge in [0, 0.05) is 31.4 Å². The van der Waals surface area contributed by atoms with Crippen molar-refractivity contribution in [3.05, 3.63) is 58.6 Å². The lowest BCUT2D eigenvalue weighted by molar-refractivity contribution is -0.118. The molecule has 1 aromatic rings. The van der Waals surface area contributed by atoms with Crippen LogP contribution in [0.15, 0.2) is 53.0 Å². The molecular weight excluding hydrogens is 384 g/mol. The van der Waals surface area contributed by atoms with Crippen molar-refractivity contribution in [2.24, 2.45) is 10.8 Å². The lowest BCUT2D eigenvalue weighted by Crippen LogP contribution is -2.35. The van der Waals surface area contributed by atoms with Crippen LogP contribution in [-0.2, 0) is 15.3 Å². The van der Waals surface area contributed by atoms with Crippen molar-refractivity contribution >= 4 is 23.3 Å². The monoisotopic (exact) mass is 414 g/mol. The van der Waals surface area contributed by atoms with Gasteiger partial charge in [-0.3, -0.25) is 9.59 Å². The quantitative estimate of drug-likeness (QED) is 0.647. The Balaban J connectivity index is 2.03. The second-order valence-electron chi connectivity index (χ2n) is 9.78. The molecule has 0 bridgehead atoms. The molecule has 0 heterocycles. The Morgan fingerprint density at radius 2 is 1.28 bits per heavy atom. The summed E-state index contributed by atoms with van der Waals surface area (Å²) in [4.78, 5) is 26.0. The summed E-state index contributed by atoms with van der Waals surface area (Å²) in [6.07, 6.45) is 1.43. The molecule has 0 unspecified atom stereocenters. The highest BCUT2D eigenvalue weighted by atomic mass is 32.2. The normalized spacial score (nSPS) is 21.8. The minimum absolute atomic E-state index is 0.0507. The summed E-state index contributed by atoms with van der Waals surface area (Å²) in [6, 6.07) is 9.81. The molecule has 0 saturated heterocycles. The van der Waals surface area contributed by atoms with Gasteiger partial charge >= 0.3 is 0 Å². The zero-order chi connectivity index (χ0) is 21.4. The molecule has 0 spiro atoms. The minimum Gasteiger partial charge on any atom is -0.512 e. The molecule has 0 atom stereocenters. The molecule has 0 aromatic heterocycles. The van der Waals surface area contributed by atoms with Crippen LogP contribution in [0, 0.1) is 10.8 Å². The standard InChI is InChI=1S/C24H30O4S/c1-23(2)10-16(25)20(17(26)11-23)22(29-14-15-8-6-5-7-9-15)21-18(27)12-24(3,4)13-19(21)28/h5-9,22,25,27H,10-14H2,1-4H3. The zero-order valence-corrected chi connectivity index (χ0v) is 18.4. The number of aliphatic hydroxyl groups is 2. The van der Waals surface area contributed by atoms with Gasteiger partial charge in [-0.05, 0) is 16.4 Å². The van der Waals surface area contributed by atoms with E-state index in [0.717, 1.165) is 5.56 Å². The van der Waals surface area contributed by atoms with Crippen LogP contribution in [0.1, 0.15) is 58.9 Å². The Hall–Kier alpha value is -2.01. The van der Waals surface area contributed by atoms with Gasteiger partial charge in [-0.1, -0.05) is 58.0 Å². The van der Waals surface area contributed by atoms with Crippen LogP contribution in [0.5, 0.6) is 0 Å². The molecule has 2 N–H and O–H groups in total. The van der Waals surface area contributed by atoms with Crippen molar-refractivity contribution in [3.63, 3.8) is 0 Å². The van der Waals surface area contributed by atoms with Crippen LogP contribution < -0.4 is 0 Å². The summed E-state index contributed by atoms with van der Waals surface area (Å²) in [7, 11) is 0. The van der Waals surface area contributed by atoms with Crippen LogP contribution in [0.3, 0.4) is 0 Å². The Bertz CT molecular complexity index is 825. The number of benzene rings is 1. The van der Waals surface area contributed by atoms with Gasteiger partial charge in [0.2, 0.25) is 0 Å². The summed E-state index contributed by atoms with van der Waals surface area (Å²) in [5.41, 5.74) is 1.03. The van der Waals surface area contributed by atoms with Gasteiger partial charge in [-0.25, -0.2) is 0 Å². The van der Waals surface area contributed by atoms with E-state index in [1.807, 2.05) is 58.0 Å². The van der Waals surface area contributed by atoms with E-state index in [1.165, 1.54) is 11.8 Å². The SMILES string of the molecule is CC1(C)CC(=O)C(C(SCc2ccccc2)C2=C(O)CC(C)(C)CC2=O)=C(O)C1. The van der Waals surface area contributed by atoms with E-state index in [9.17, 15) is 19.8 Å². The Kier molecular flexibility index (Phi) is 6.00. The molecule has 29 heavy (non-hydrogen) atoms. The van der Waals surface area contributed by atoms with Crippen molar-refractivity contribution in [2.45, 2.75) is 64.4 Å². The van der Waals surface area contributed by atoms with Crippen LogP contribution in [-0.4, -0.2) is 27.0 Å². The lowest BCUT2D eigenvalue weighted by atomic mass is 9.72. The molecule has 156 valence electrons. The van der Waals surface area contributed by atoms with Gasteiger partial charge in [-0.2, -0.15) is 0 Å². The molecule has 0 saturated carbocycles. The first-order valence-corrected chi connectivity index (χ1v) is 11.1. The number of allylic oxidation sites excluding steroid dienone is 2. The number of hydrogen-bond acceptors (Lipinski definition) is 5. The molecule has 0 fully saturated rings. The predicted octanol–water partition coefficient (Wildman–Crippen LogP) is 5.69. The zero-order valence-electron chi connectivity index (χ0n) is 17.6. The van der Waals surface area contributed by atoms with Crippen LogP contribution in [0.4, 0.5) is 0 Å². The maximum Gasteiger partial charge on any atom is 0.164 e. The number of ketones is 2. The molecule has 0 amide bonds. The van der Waals surface area contributed by atoms with E-state index in [2.05, 4.69) is 0 Å². The lowest BCUT2D eigenvalue weighted by Gasteiger charge is -2.36. The van der Waals surface area contributed by atoms with Gasteiger partial charge in [0.1, 0.15) is 11.5 Å². The number of hydrogen-bond donors (Lipinski definition) is 2. The van der Waals surface area contributed by atoms with Crippen LogP contribution >= 0.6 is 11.8 Å². The van der Waals surface area contributed by atoms with Gasteiger partial charge in [0.05, 0.1) is 16.4 Å². The molecule has 5 heteroatoms. The third-order valence-electron chi connectivity index (χ3n) is 5.58. The molecule has 2 aliphatic rings. The molecule has 3 rings (SSSR count). The maximum atomic E-state index is 13.0. The predicted molar refractivity (Wildman–Crippen MR) is 117 cm³/mol. The van der Waals surface area contributed by atoms with Gasteiger partial charge in [-0.15, -0.1) is 11.8 Å². The number of carbonyl (C=O) groups is 2. The van der Waals surface area contributed by atoms with E-state index >= 15 is 0 Å². The first-order valence-electron chi connectivity index (χ1n) is 10.0. The molecule has 2 aliphatic carbocycles. The fraction of sp³-hybridized carbons (Fsp3) is 0.500. The summed E-state index contributed by atoms with van der Waals surface area (Å²) < 4.78 is 0. The van der Waals surface area contributed by atoms with Crippen molar-refractivity contribution in [1.82, 2.24) is 0 Å². The second-order valence-corrected chi connectivity index (χ2v) is 10.9. The van der Waals surface area contributed by atoms with Gasteiger partial charge in [0.25, 0.3) is 0 Å². The molecule has 4 nitrogen and oxygen atoms in total. The van der Waals surface area contributed by atoms with Crippen molar-refractivity contribution in [1.29, 1.82) is 0 Å². The van der Waals surface area contributed by atoms with E-state index in [0.29, 0.717) is 42.6 Å². The summed E-state index contributed by atoms with van der Waals surface area (Å²) in [6.45, 7) is 7.81. The van der Waals surface area contributed by atoms with E-state index in [4.69, 9.17) is 0 Å². The van der Waals surface area contributed by atoms with Crippen LogP contribution in [0.2, 0.25) is 0 Å². The van der Waals surface area contributed by atoms with E-state index in [1.54, 1.807) is 0 Å². The first kappa shape index (κ1) is 21.7. The average molecular weight is 415 g/mol. The summed E-state index contributed by atoms with van der Waals surface area (Å²) in [5, 5.41) is 20.9. The van der Waals surface area contributed by atoms with E-state index < -0.39 is 5.25 Å². The number of thioether (sulfide) groups is 1. The van der Waals surface area contributed by atoms with Crippen molar-refractivity contribution < 1.29 is 19.8 Å². The molecule has 1 aromatic carbocycles. The fourth-order valence-electron chi connectivity index (χ4n) is 4.26. The summed E-state index contributed by atoms with van der Waals surface area (Å²) >= 11 is 1.43. The fourth-order valence-corrected chi connectivity index (χ4v) is 5.68. The van der Waals surface area contributed by atoms with Gasteiger partial charge in [0.15, 0.2) is 11.6 Å². The topological polar surface area (TPSA) is 74.6 Å². The van der Waals surface area contributed by atoms with Crippen LogP contribution in [0.25, 0.3) is 0 Å². The Morgan fingerprint density at radius 1 is 0.828 bits per heavy atom. The third-order valence-corrected chi connectivity index (χ3v) is 6.88. The Morgan fingerprint density at radius 3 is 1.69 bits per heavy atom. The highest BCUT2D eigenvalue weighted by Crippen LogP contribution is 2.45. The first-order chi connectivity index (χ1) is 13.5. The average Bonchev–Trinajstić information content (AvgIpc) is 2.56. The number of aliphatic hydroxyl groups excluding tert-OH is 2. The van der Waals surface area contributed by atoms with Crippen molar-refractivity contribution in [3.8, 4) is 0 Å². The highest BCUT2D eigenvalue weighted by Gasteiger charge is 2.43. The third kappa shape index (κ3) is 4.95. The second kappa shape index (κ2) is 8.02. The van der Waals surface area contributed by atoms with Crippen molar-refractivity contribution in [2.75, 3.05) is 0 Å². The summed E-state index contributed by atoms with van der Waals surface area (Å²) in [5.74, 6) is 0.404. The van der Waals surface area contributed by atoms with E-state index in [-0.39, 0.29) is 33.9 Å². The van der Waals surface area contributed by atoms with Gasteiger partial charge < -0.3 is 10.2 Å². The number of Topliss-reactive ketones (excluding diaryl/α,β-unsaturated/α-hetero) is 2. The number of carbonyl (C=O) groups excluding carboxylic acids is 2. The number of rotatable bonds is 5.